The molecule has 1 unspecified atom stereocenters. The lowest BCUT2D eigenvalue weighted by Crippen LogP contribution is -2.30. The van der Waals surface area contributed by atoms with Crippen molar-refractivity contribution in [1.29, 1.82) is 0 Å². The van der Waals surface area contributed by atoms with Gasteiger partial charge in [0.05, 0.1) is 18.2 Å². The Balaban J connectivity index is 1.90. The van der Waals surface area contributed by atoms with Gasteiger partial charge in [0, 0.05) is 12.0 Å². The third kappa shape index (κ3) is 8.35. The molecule has 0 heterocycles. The molecule has 0 aromatic heterocycles. The van der Waals surface area contributed by atoms with Gasteiger partial charge >= 0.3 is 5.97 Å². The number of amides is 1. The van der Waals surface area contributed by atoms with Crippen LogP contribution < -0.4 is 10.1 Å². The predicted molar refractivity (Wildman–Crippen MR) is 153 cm³/mol. The van der Waals surface area contributed by atoms with Gasteiger partial charge in [0.25, 0.3) is 5.91 Å². The molecule has 0 radical (unpaired) electrons. The smallest absolute Gasteiger partial charge is 0.305 e. The lowest BCUT2D eigenvalue weighted by atomic mass is 9.93. The van der Waals surface area contributed by atoms with E-state index in [0.717, 1.165) is 39.8 Å². The molecule has 6 heteroatoms. The Kier molecular flexibility index (Phi) is 10.4. The van der Waals surface area contributed by atoms with Gasteiger partial charge in [0.15, 0.2) is 0 Å². The highest BCUT2D eigenvalue weighted by Gasteiger charge is 2.21. The Morgan fingerprint density at radius 2 is 1.63 bits per heavy atom. The zero-order valence-electron chi connectivity index (χ0n) is 23.2. The molecule has 0 aliphatic rings. The van der Waals surface area contributed by atoms with Crippen LogP contribution in [-0.2, 0) is 22.6 Å². The Hall–Kier alpha value is -3.31. The summed E-state index contributed by atoms with van der Waals surface area (Å²) in [5.74, 6) is 0.494. The minimum atomic E-state index is -0.314. The minimum absolute atomic E-state index is 0.138. The van der Waals surface area contributed by atoms with E-state index >= 15 is 0 Å². The maximum atomic E-state index is 13.8. The molecule has 0 spiro atoms. The third-order valence-corrected chi connectivity index (χ3v) is 6.70. The summed E-state index contributed by atoms with van der Waals surface area (Å²) in [6, 6.07) is 17.5. The van der Waals surface area contributed by atoms with Crippen LogP contribution >= 0.6 is 11.6 Å². The summed E-state index contributed by atoms with van der Waals surface area (Å²) in [5.41, 5.74) is 6.62. The quantitative estimate of drug-likeness (QED) is 0.259. The van der Waals surface area contributed by atoms with Gasteiger partial charge in [0.2, 0.25) is 0 Å². The van der Waals surface area contributed by atoms with Gasteiger partial charge in [-0.25, -0.2) is 0 Å². The first-order valence-electron chi connectivity index (χ1n) is 13.0. The standard InChI is InChI=1S/C32H38ClNO4/c1-20(2)13-29(26-15-22(4)14-23(5)16-26)34-32(36)27-18-24(8-9-25(27)10-12-31(35)37-6)19-38-30-17-21(3)7-11-28(30)33/h7-9,11,14-18,20,29H,10,12-13,19H2,1-6H3,(H,34,36). The maximum absolute atomic E-state index is 13.8. The first-order chi connectivity index (χ1) is 18.0. The molecule has 38 heavy (non-hydrogen) atoms. The fraction of sp³-hybridized carbons (Fsp3) is 0.375. The summed E-state index contributed by atoms with van der Waals surface area (Å²) in [6.45, 7) is 10.7. The number of carbonyl (C=O) groups is 2. The van der Waals surface area contributed by atoms with E-state index in [-0.39, 0.29) is 30.9 Å². The molecular weight excluding hydrogens is 498 g/mol. The second-order valence-corrected chi connectivity index (χ2v) is 10.8. The van der Waals surface area contributed by atoms with Crippen molar-refractivity contribution in [2.75, 3.05) is 7.11 Å². The number of benzene rings is 3. The van der Waals surface area contributed by atoms with Crippen molar-refractivity contribution in [2.45, 2.75) is 66.5 Å². The monoisotopic (exact) mass is 535 g/mol. The average molecular weight is 536 g/mol. The molecule has 0 aliphatic carbocycles. The van der Waals surface area contributed by atoms with Crippen molar-refractivity contribution in [1.82, 2.24) is 5.32 Å². The van der Waals surface area contributed by atoms with Gasteiger partial charge in [-0.1, -0.05) is 73.0 Å². The van der Waals surface area contributed by atoms with E-state index in [1.54, 1.807) is 0 Å². The molecule has 0 saturated heterocycles. The van der Waals surface area contributed by atoms with Crippen LogP contribution in [0.15, 0.2) is 54.6 Å². The largest absolute Gasteiger partial charge is 0.487 e. The predicted octanol–water partition coefficient (Wildman–Crippen LogP) is 7.47. The van der Waals surface area contributed by atoms with Gasteiger partial charge in [-0.3, -0.25) is 9.59 Å². The topological polar surface area (TPSA) is 64.6 Å². The molecule has 0 aliphatic heterocycles. The molecule has 3 aromatic carbocycles. The summed E-state index contributed by atoms with van der Waals surface area (Å²) in [4.78, 5) is 25.6. The molecule has 1 N–H and O–H groups in total. The molecule has 1 amide bonds. The van der Waals surface area contributed by atoms with Crippen LogP contribution in [-0.4, -0.2) is 19.0 Å². The zero-order valence-corrected chi connectivity index (χ0v) is 23.9. The van der Waals surface area contributed by atoms with Gasteiger partial charge in [-0.15, -0.1) is 0 Å². The van der Waals surface area contributed by atoms with Crippen molar-refractivity contribution < 1.29 is 19.1 Å². The second kappa shape index (κ2) is 13.5. The van der Waals surface area contributed by atoms with E-state index in [4.69, 9.17) is 21.1 Å². The highest BCUT2D eigenvalue weighted by Crippen LogP contribution is 2.28. The van der Waals surface area contributed by atoms with E-state index in [2.05, 4.69) is 51.2 Å². The van der Waals surface area contributed by atoms with Crippen molar-refractivity contribution in [3.8, 4) is 5.75 Å². The lowest BCUT2D eigenvalue weighted by Gasteiger charge is -2.23. The summed E-state index contributed by atoms with van der Waals surface area (Å²) in [7, 11) is 1.37. The molecule has 5 nitrogen and oxygen atoms in total. The molecular formula is C32H38ClNO4. The Morgan fingerprint density at radius 3 is 2.29 bits per heavy atom. The molecule has 3 aromatic rings. The van der Waals surface area contributed by atoms with Crippen molar-refractivity contribution in [3.63, 3.8) is 0 Å². The van der Waals surface area contributed by atoms with Gasteiger partial charge in [-0.2, -0.15) is 0 Å². The van der Waals surface area contributed by atoms with Crippen LogP contribution in [0.2, 0.25) is 5.02 Å². The van der Waals surface area contributed by atoms with E-state index in [1.165, 1.54) is 7.11 Å². The van der Waals surface area contributed by atoms with Gasteiger partial charge in [-0.05, 0) is 80.0 Å². The number of nitrogens with one attached hydrogen (secondary N) is 1. The van der Waals surface area contributed by atoms with Crippen LogP contribution in [0.1, 0.15) is 76.5 Å². The number of esters is 1. The number of carbonyl (C=O) groups excluding carboxylic acids is 2. The fourth-order valence-electron chi connectivity index (χ4n) is 4.56. The van der Waals surface area contributed by atoms with Crippen LogP contribution in [0, 0.1) is 26.7 Å². The van der Waals surface area contributed by atoms with Crippen molar-refractivity contribution in [3.05, 3.63) is 98.6 Å². The minimum Gasteiger partial charge on any atom is -0.487 e. The molecule has 0 bridgehead atoms. The Bertz CT molecular complexity index is 1260. The fourth-order valence-corrected chi connectivity index (χ4v) is 4.73. The summed E-state index contributed by atoms with van der Waals surface area (Å²) in [6.07, 6.45) is 1.40. The maximum Gasteiger partial charge on any atom is 0.305 e. The number of ether oxygens (including phenoxy) is 2. The van der Waals surface area contributed by atoms with Crippen molar-refractivity contribution >= 4 is 23.5 Å². The number of rotatable bonds is 11. The number of halogens is 1. The van der Waals surface area contributed by atoms with Crippen LogP contribution in [0.4, 0.5) is 0 Å². The summed E-state index contributed by atoms with van der Waals surface area (Å²) >= 11 is 6.30. The number of aryl methyl sites for hydroxylation is 4. The van der Waals surface area contributed by atoms with Crippen LogP contribution in [0.25, 0.3) is 0 Å². The van der Waals surface area contributed by atoms with Gasteiger partial charge in [0.1, 0.15) is 12.4 Å². The lowest BCUT2D eigenvalue weighted by molar-refractivity contribution is -0.140. The first-order valence-corrected chi connectivity index (χ1v) is 13.4. The molecule has 202 valence electrons. The van der Waals surface area contributed by atoms with E-state index in [0.29, 0.717) is 28.7 Å². The molecule has 0 saturated carbocycles. The van der Waals surface area contributed by atoms with Crippen LogP contribution in [0.5, 0.6) is 5.75 Å². The summed E-state index contributed by atoms with van der Waals surface area (Å²) < 4.78 is 10.8. The first kappa shape index (κ1) is 29.2. The van der Waals surface area contributed by atoms with E-state index in [1.807, 2.05) is 43.3 Å². The highest BCUT2D eigenvalue weighted by atomic mass is 35.5. The molecule has 0 fully saturated rings. The SMILES string of the molecule is COC(=O)CCc1ccc(COc2cc(C)ccc2Cl)cc1C(=O)NC(CC(C)C)c1cc(C)cc(C)c1. The molecule has 3 rings (SSSR count). The van der Waals surface area contributed by atoms with E-state index in [9.17, 15) is 9.59 Å². The highest BCUT2D eigenvalue weighted by molar-refractivity contribution is 6.32. The normalized spacial score (nSPS) is 11.8. The summed E-state index contributed by atoms with van der Waals surface area (Å²) in [5, 5.41) is 3.81. The number of methoxy groups -OCH3 is 1. The van der Waals surface area contributed by atoms with E-state index < -0.39 is 0 Å². The van der Waals surface area contributed by atoms with Crippen molar-refractivity contribution in [2.24, 2.45) is 5.92 Å². The van der Waals surface area contributed by atoms with Crippen LogP contribution in [0.3, 0.4) is 0 Å². The third-order valence-electron chi connectivity index (χ3n) is 6.38. The molecule has 1 atom stereocenters. The average Bonchev–Trinajstić information content (AvgIpc) is 2.86. The Morgan fingerprint density at radius 1 is 0.921 bits per heavy atom. The Labute approximate surface area is 231 Å². The second-order valence-electron chi connectivity index (χ2n) is 10.4. The number of hydrogen-bond acceptors (Lipinski definition) is 4. The zero-order chi connectivity index (χ0) is 27.8. The number of hydrogen-bond donors (Lipinski definition) is 1. The van der Waals surface area contributed by atoms with Gasteiger partial charge < -0.3 is 14.8 Å².